The Labute approximate surface area is 127 Å². The lowest BCUT2D eigenvalue weighted by atomic mass is 9.88. The fraction of sp³-hybridized carbons (Fsp3) is 0.875. The molecule has 5 heteroatoms. The molecule has 0 amide bonds. The number of hydrogen-bond donors (Lipinski definition) is 1. The van der Waals surface area contributed by atoms with E-state index in [4.69, 9.17) is 14.2 Å². The molecule has 1 aromatic heterocycles. The van der Waals surface area contributed by atoms with Gasteiger partial charge in [0.25, 0.3) is 0 Å². The van der Waals surface area contributed by atoms with Crippen LogP contribution >= 0.6 is 0 Å². The van der Waals surface area contributed by atoms with Crippen LogP contribution in [-0.2, 0) is 10.3 Å². The third kappa shape index (κ3) is 3.46. The number of ether oxygens (including phenoxy) is 1. The molecule has 1 fully saturated rings. The normalized spacial score (nSPS) is 24.4. The average Bonchev–Trinajstić information content (AvgIpc) is 3.04. The van der Waals surface area contributed by atoms with Gasteiger partial charge in [0.1, 0.15) is 6.10 Å². The standard InChI is InChI=1S/C16H29N3O2/c1-6-9-16(10-8-11-17-16)14-18-13(19-21-14)12(20-7-2)15(3,4)5/h12,17H,6-11H2,1-5H3. The Balaban J connectivity index is 2.27. The van der Waals surface area contributed by atoms with E-state index in [1.165, 1.54) is 0 Å². The van der Waals surface area contributed by atoms with Crippen molar-refractivity contribution in [3.8, 4) is 0 Å². The SMILES string of the molecule is CCCC1(c2nc(C(OCC)C(C)(C)C)no2)CCCN1. The van der Waals surface area contributed by atoms with Crippen LogP contribution in [0.15, 0.2) is 4.52 Å². The smallest absolute Gasteiger partial charge is 0.247 e. The van der Waals surface area contributed by atoms with Crippen LogP contribution < -0.4 is 5.32 Å². The van der Waals surface area contributed by atoms with E-state index in [2.05, 4.69) is 38.2 Å². The minimum absolute atomic E-state index is 0.0574. The number of hydrogen-bond acceptors (Lipinski definition) is 5. The molecule has 2 unspecified atom stereocenters. The Hall–Kier alpha value is -0.940. The highest BCUT2D eigenvalue weighted by atomic mass is 16.5. The minimum Gasteiger partial charge on any atom is -0.370 e. The van der Waals surface area contributed by atoms with Gasteiger partial charge in [-0.15, -0.1) is 0 Å². The lowest BCUT2D eigenvalue weighted by Crippen LogP contribution is -2.37. The Morgan fingerprint density at radius 1 is 1.38 bits per heavy atom. The lowest BCUT2D eigenvalue weighted by molar-refractivity contribution is -0.0203. The molecule has 2 rings (SSSR count). The number of aromatic nitrogens is 2. The Kier molecular flexibility index (Phi) is 5.04. The van der Waals surface area contributed by atoms with E-state index in [-0.39, 0.29) is 17.1 Å². The maximum atomic E-state index is 5.86. The summed E-state index contributed by atoms with van der Waals surface area (Å²) in [6.45, 7) is 12.3. The van der Waals surface area contributed by atoms with Crippen LogP contribution in [-0.4, -0.2) is 23.3 Å². The van der Waals surface area contributed by atoms with Crippen LogP contribution in [0, 0.1) is 5.41 Å². The van der Waals surface area contributed by atoms with Crippen LogP contribution in [0.3, 0.4) is 0 Å². The van der Waals surface area contributed by atoms with Crippen LogP contribution in [0.25, 0.3) is 0 Å². The summed E-state index contributed by atoms with van der Waals surface area (Å²) in [5, 5.41) is 7.80. The molecule has 2 heterocycles. The lowest BCUT2D eigenvalue weighted by Gasteiger charge is -2.28. The third-order valence-corrected chi connectivity index (χ3v) is 4.13. The fourth-order valence-corrected chi connectivity index (χ4v) is 3.15. The maximum Gasteiger partial charge on any atom is 0.247 e. The summed E-state index contributed by atoms with van der Waals surface area (Å²) in [6, 6.07) is 0. The van der Waals surface area contributed by atoms with Crippen molar-refractivity contribution in [3.63, 3.8) is 0 Å². The second kappa shape index (κ2) is 6.44. The highest BCUT2D eigenvalue weighted by Crippen LogP contribution is 2.38. The van der Waals surface area contributed by atoms with Gasteiger partial charge in [-0.2, -0.15) is 4.98 Å². The summed E-state index contributed by atoms with van der Waals surface area (Å²) in [5.74, 6) is 1.40. The molecule has 5 nitrogen and oxygen atoms in total. The molecule has 0 bridgehead atoms. The molecule has 0 radical (unpaired) electrons. The summed E-state index contributed by atoms with van der Waals surface area (Å²) in [5.41, 5.74) is -0.188. The third-order valence-electron chi connectivity index (χ3n) is 4.13. The van der Waals surface area contributed by atoms with Crippen molar-refractivity contribution < 1.29 is 9.26 Å². The van der Waals surface area contributed by atoms with E-state index in [0.29, 0.717) is 12.4 Å². The zero-order valence-electron chi connectivity index (χ0n) is 14.0. The van der Waals surface area contributed by atoms with Gasteiger partial charge in [0.05, 0.1) is 5.54 Å². The Morgan fingerprint density at radius 3 is 2.67 bits per heavy atom. The molecule has 1 saturated heterocycles. The first-order chi connectivity index (χ1) is 9.93. The summed E-state index contributed by atoms with van der Waals surface area (Å²) in [4.78, 5) is 4.70. The molecular formula is C16H29N3O2. The van der Waals surface area contributed by atoms with E-state index in [9.17, 15) is 0 Å². The molecule has 1 N–H and O–H groups in total. The summed E-state index contributed by atoms with van der Waals surface area (Å²) in [6.07, 6.45) is 4.21. The second-order valence-corrected chi connectivity index (χ2v) is 7.02. The zero-order valence-corrected chi connectivity index (χ0v) is 14.0. The van der Waals surface area contributed by atoms with Gasteiger partial charge in [0, 0.05) is 6.61 Å². The van der Waals surface area contributed by atoms with Crippen molar-refractivity contribution in [2.24, 2.45) is 5.41 Å². The van der Waals surface area contributed by atoms with E-state index in [1.807, 2.05) is 6.92 Å². The fourth-order valence-electron chi connectivity index (χ4n) is 3.15. The van der Waals surface area contributed by atoms with Crippen molar-refractivity contribution in [3.05, 3.63) is 11.7 Å². The molecule has 21 heavy (non-hydrogen) atoms. The van der Waals surface area contributed by atoms with Crippen molar-refractivity contribution in [2.45, 2.75) is 71.9 Å². The van der Waals surface area contributed by atoms with Crippen LogP contribution in [0.5, 0.6) is 0 Å². The first-order valence-corrected chi connectivity index (χ1v) is 8.13. The number of rotatable bonds is 6. The second-order valence-electron chi connectivity index (χ2n) is 7.02. The maximum absolute atomic E-state index is 5.86. The van der Waals surface area contributed by atoms with Crippen molar-refractivity contribution in [1.29, 1.82) is 0 Å². The zero-order chi connectivity index (χ0) is 15.5. The van der Waals surface area contributed by atoms with Crippen LogP contribution in [0.1, 0.15) is 78.1 Å². The van der Waals surface area contributed by atoms with Gasteiger partial charge in [-0.25, -0.2) is 0 Å². The van der Waals surface area contributed by atoms with E-state index in [1.54, 1.807) is 0 Å². The topological polar surface area (TPSA) is 60.2 Å². The van der Waals surface area contributed by atoms with Crippen molar-refractivity contribution in [2.75, 3.05) is 13.2 Å². The van der Waals surface area contributed by atoms with Gasteiger partial charge in [-0.1, -0.05) is 39.3 Å². The molecule has 0 saturated carbocycles. The molecule has 2 atom stereocenters. The quantitative estimate of drug-likeness (QED) is 0.869. The Morgan fingerprint density at radius 2 is 2.14 bits per heavy atom. The van der Waals surface area contributed by atoms with E-state index >= 15 is 0 Å². The van der Waals surface area contributed by atoms with Gasteiger partial charge in [0.2, 0.25) is 11.7 Å². The summed E-state index contributed by atoms with van der Waals surface area (Å²) >= 11 is 0. The average molecular weight is 295 g/mol. The monoisotopic (exact) mass is 295 g/mol. The van der Waals surface area contributed by atoms with Crippen LogP contribution in [0.2, 0.25) is 0 Å². The van der Waals surface area contributed by atoms with Gasteiger partial charge >= 0.3 is 0 Å². The molecular weight excluding hydrogens is 266 g/mol. The largest absolute Gasteiger partial charge is 0.370 e. The molecule has 1 aromatic rings. The Bertz CT molecular complexity index is 445. The summed E-state index contributed by atoms with van der Waals surface area (Å²) < 4.78 is 11.5. The molecule has 0 aromatic carbocycles. The first-order valence-electron chi connectivity index (χ1n) is 8.13. The molecule has 120 valence electrons. The van der Waals surface area contributed by atoms with E-state index in [0.717, 1.165) is 38.1 Å². The van der Waals surface area contributed by atoms with Gasteiger partial charge < -0.3 is 14.6 Å². The van der Waals surface area contributed by atoms with Crippen molar-refractivity contribution in [1.82, 2.24) is 15.5 Å². The molecule has 0 spiro atoms. The predicted molar refractivity (Wildman–Crippen MR) is 81.9 cm³/mol. The van der Waals surface area contributed by atoms with Gasteiger partial charge in [0.15, 0.2) is 0 Å². The molecule has 1 aliphatic rings. The van der Waals surface area contributed by atoms with Gasteiger partial charge in [-0.05, 0) is 38.1 Å². The van der Waals surface area contributed by atoms with Gasteiger partial charge in [-0.3, -0.25) is 0 Å². The number of nitrogens with zero attached hydrogens (tertiary/aromatic N) is 2. The predicted octanol–water partition coefficient (Wildman–Crippen LogP) is 3.57. The van der Waals surface area contributed by atoms with Crippen molar-refractivity contribution >= 4 is 0 Å². The summed E-state index contributed by atoms with van der Waals surface area (Å²) in [7, 11) is 0. The molecule has 0 aliphatic carbocycles. The highest BCUT2D eigenvalue weighted by molar-refractivity contribution is 5.08. The van der Waals surface area contributed by atoms with Crippen LogP contribution in [0.4, 0.5) is 0 Å². The minimum atomic E-state index is -0.139. The molecule has 1 aliphatic heterocycles. The number of nitrogens with one attached hydrogen (secondary N) is 1. The first kappa shape index (κ1) is 16.4. The highest BCUT2D eigenvalue weighted by Gasteiger charge is 2.41. The van der Waals surface area contributed by atoms with E-state index < -0.39 is 0 Å².